The van der Waals surface area contributed by atoms with Crippen molar-refractivity contribution in [1.82, 2.24) is 0 Å². The summed E-state index contributed by atoms with van der Waals surface area (Å²) in [7, 11) is 0. The zero-order valence-corrected chi connectivity index (χ0v) is 9.22. The van der Waals surface area contributed by atoms with Crippen molar-refractivity contribution in [3.8, 4) is 0 Å². The maximum atomic E-state index is 10.5. The average Bonchev–Trinajstić information content (AvgIpc) is 2.83. The maximum Gasteiger partial charge on any atom is 0.150 e. The summed E-state index contributed by atoms with van der Waals surface area (Å²) >= 11 is 0. The number of ether oxygens (including phenoxy) is 2. The zero-order chi connectivity index (χ0) is 11.2. The Morgan fingerprint density at radius 3 is 2.81 bits per heavy atom. The van der Waals surface area contributed by atoms with Crippen molar-refractivity contribution < 1.29 is 14.3 Å². The standard InChI is InChI=1S/C13H16O3/c14-8-11-3-5-12(6-4-11)9-15-10-13-2-1-7-16-13/h3-6,8,13H,1-2,7,9-10H2/t13-/m1/s1. The topological polar surface area (TPSA) is 35.5 Å². The highest BCUT2D eigenvalue weighted by Crippen LogP contribution is 2.13. The van der Waals surface area contributed by atoms with E-state index in [2.05, 4.69) is 0 Å². The Labute approximate surface area is 95.4 Å². The van der Waals surface area contributed by atoms with Crippen LogP contribution in [0.5, 0.6) is 0 Å². The van der Waals surface area contributed by atoms with Crippen molar-refractivity contribution in [3.05, 3.63) is 35.4 Å². The van der Waals surface area contributed by atoms with Crippen molar-refractivity contribution in [2.75, 3.05) is 13.2 Å². The van der Waals surface area contributed by atoms with E-state index in [-0.39, 0.29) is 6.10 Å². The van der Waals surface area contributed by atoms with Gasteiger partial charge in [0, 0.05) is 12.2 Å². The summed E-state index contributed by atoms with van der Waals surface area (Å²) in [5, 5.41) is 0. The number of rotatable bonds is 5. The minimum Gasteiger partial charge on any atom is -0.376 e. The van der Waals surface area contributed by atoms with Gasteiger partial charge in [0.05, 0.1) is 19.3 Å². The first kappa shape index (κ1) is 11.3. The second-order valence-corrected chi connectivity index (χ2v) is 4.01. The summed E-state index contributed by atoms with van der Waals surface area (Å²) in [5.41, 5.74) is 1.78. The lowest BCUT2D eigenvalue weighted by molar-refractivity contribution is 0.0106. The lowest BCUT2D eigenvalue weighted by Gasteiger charge is -2.09. The molecular weight excluding hydrogens is 204 g/mol. The van der Waals surface area contributed by atoms with Gasteiger partial charge in [-0.25, -0.2) is 0 Å². The molecular formula is C13H16O3. The van der Waals surface area contributed by atoms with Gasteiger partial charge in [-0.2, -0.15) is 0 Å². The molecule has 0 bridgehead atoms. The predicted molar refractivity (Wildman–Crippen MR) is 60.5 cm³/mol. The minimum atomic E-state index is 0.272. The van der Waals surface area contributed by atoms with E-state index in [0.717, 1.165) is 31.3 Å². The number of benzene rings is 1. The number of carbonyl (C=O) groups excluding carboxylic acids is 1. The third kappa shape index (κ3) is 3.15. The SMILES string of the molecule is O=Cc1ccc(COC[C@H]2CCCO2)cc1. The maximum absolute atomic E-state index is 10.5. The van der Waals surface area contributed by atoms with Crippen LogP contribution in [0.1, 0.15) is 28.8 Å². The molecule has 2 rings (SSSR count). The number of carbonyl (C=O) groups is 1. The van der Waals surface area contributed by atoms with E-state index in [4.69, 9.17) is 9.47 Å². The summed E-state index contributed by atoms with van der Waals surface area (Å²) in [6.45, 7) is 2.11. The lowest BCUT2D eigenvalue weighted by Crippen LogP contribution is -2.13. The van der Waals surface area contributed by atoms with Gasteiger partial charge in [0.1, 0.15) is 6.29 Å². The van der Waals surface area contributed by atoms with Crippen molar-refractivity contribution in [1.29, 1.82) is 0 Å². The van der Waals surface area contributed by atoms with Crippen LogP contribution in [0.3, 0.4) is 0 Å². The van der Waals surface area contributed by atoms with E-state index in [9.17, 15) is 4.79 Å². The molecule has 1 heterocycles. The van der Waals surface area contributed by atoms with Crippen LogP contribution < -0.4 is 0 Å². The molecule has 3 nitrogen and oxygen atoms in total. The van der Waals surface area contributed by atoms with Gasteiger partial charge in [0.2, 0.25) is 0 Å². The Bertz CT molecular complexity index is 326. The van der Waals surface area contributed by atoms with Gasteiger partial charge < -0.3 is 9.47 Å². The van der Waals surface area contributed by atoms with Crippen LogP contribution >= 0.6 is 0 Å². The Kier molecular flexibility index (Phi) is 4.08. The molecule has 1 aromatic carbocycles. The molecule has 1 fully saturated rings. The lowest BCUT2D eigenvalue weighted by atomic mass is 10.1. The van der Waals surface area contributed by atoms with E-state index in [1.54, 1.807) is 12.1 Å². The Morgan fingerprint density at radius 1 is 1.38 bits per heavy atom. The van der Waals surface area contributed by atoms with E-state index in [1.165, 1.54) is 0 Å². The van der Waals surface area contributed by atoms with Gasteiger partial charge >= 0.3 is 0 Å². The highest BCUT2D eigenvalue weighted by molar-refractivity contribution is 5.74. The van der Waals surface area contributed by atoms with E-state index >= 15 is 0 Å². The van der Waals surface area contributed by atoms with Crippen molar-refractivity contribution in [2.24, 2.45) is 0 Å². The number of aldehydes is 1. The third-order valence-electron chi connectivity index (χ3n) is 2.71. The number of hydrogen-bond acceptors (Lipinski definition) is 3. The summed E-state index contributed by atoms with van der Waals surface area (Å²) < 4.78 is 11.0. The predicted octanol–water partition coefficient (Wildman–Crippen LogP) is 2.19. The van der Waals surface area contributed by atoms with Gasteiger partial charge in [-0.1, -0.05) is 24.3 Å². The van der Waals surface area contributed by atoms with Gasteiger partial charge in [0.15, 0.2) is 0 Å². The molecule has 16 heavy (non-hydrogen) atoms. The van der Waals surface area contributed by atoms with Gasteiger partial charge in [-0.05, 0) is 18.4 Å². The van der Waals surface area contributed by atoms with E-state index in [0.29, 0.717) is 18.8 Å². The summed E-state index contributed by atoms with van der Waals surface area (Å²) in [6, 6.07) is 7.44. The minimum absolute atomic E-state index is 0.272. The molecule has 1 aliphatic rings. The first-order chi connectivity index (χ1) is 7.88. The Hall–Kier alpha value is -1.19. The smallest absolute Gasteiger partial charge is 0.150 e. The first-order valence-corrected chi connectivity index (χ1v) is 5.62. The largest absolute Gasteiger partial charge is 0.376 e. The summed E-state index contributed by atoms with van der Waals surface area (Å²) in [5.74, 6) is 0. The molecule has 0 spiro atoms. The van der Waals surface area contributed by atoms with Crippen LogP contribution in [-0.4, -0.2) is 25.6 Å². The monoisotopic (exact) mass is 220 g/mol. The number of hydrogen-bond donors (Lipinski definition) is 0. The fourth-order valence-electron chi connectivity index (χ4n) is 1.78. The fourth-order valence-corrected chi connectivity index (χ4v) is 1.78. The van der Waals surface area contributed by atoms with Crippen LogP contribution in [0.15, 0.2) is 24.3 Å². The third-order valence-corrected chi connectivity index (χ3v) is 2.71. The van der Waals surface area contributed by atoms with Crippen molar-refractivity contribution in [3.63, 3.8) is 0 Å². The molecule has 86 valence electrons. The van der Waals surface area contributed by atoms with E-state index < -0.39 is 0 Å². The average molecular weight is 220 g/mol. The zero-order valence-electron chi connectivity index (χ0n) is 9.22. The fraction of sp³-hybridized carbons (Fsp3) is 0.462. The summed E-state index contributed by atoms with van der Waals surface area (Å²) in [4.78, 5) is 10.5. The van der Waals surface area contributed by atoms with Crippen LogP contribution in [0.25, 0.3) is 0 Å². The summed E-state index contributed by atoms with van der Waals surface area (Å²) in [6.07, 6.45) is 3.36. The van der Waals surface area contributed by atoms with Crippen LogP contribution in [0, 0.1) is 0 Å². The normalized spacial score (nSPS) is 19.9. The van der Waals surface area contributed by atoms with Crippen molar-refractivity contribution >= 4 is 6.29 Å². The second-order valence-electron chi connectivity index (χ2n) is 4.01. The van der Waals surface area contributed by atoms with Crippen LogP contribution in [0.2, 0.25) is 0 Å². The first-order valence-electron chi connectivity index (χ1n) is 5.62. The molecule has 1 atom stereocenters. The molecule has 1 aromatic rings. The van der Waals surface area contributed by atoms with Gasteiger partial charge in [0.25, 0.3) is 0 Å². The highest BCUT2D eigenvalue weighted by atomic mass is 16.5. The molecule has 0 radical (unpaired) electrons. The second kappa shape index (κ2) is 5.77. The molecule has 0 saturated carbocycles. The molecule has 1 saturated heterocycles. The molecule has 0 amide bonds. The van der Waals surface area contributed by atoms with Crippen molar-refractivity contribution in [2.45, 2.75) is 25.6 Å². The van der Waals surface area contributed by atoms with E-state index in [1.807, 2.05) is 12.1 Å². The quantitative estimate of drug-likeness (QED) is 0.713. The van der Waals surface area contributed by atoms with Gasteiger partial charge in [-0.3, -0.25) is 4.79 Å². The molecule has 0 N–H and O–H groups in total. The molecule has 0 unspecified atom stereocenters. The van der Waals surface area contributed by atoms with Crippen LogP contribution in [0.4, 0.5) is 0 Å². The molecule has 0 aromatic heterocycles. The molecule has 0 aliphatic carbocycles. The Morgan fingerprint density at radius 2 is 2.19 bits per heavy atom. The Balaban J connectivity index is 1.73. The van der Waals surface area contributed by atoms with Crippen LogP contribution in [-0.2, 0) is 16.1 Å². The molecule has 1 aliphatic heterocycles. The molecule has 3 heteroatoms. The highest BCUT2D eigenvalue weighted by Gasteiger charge is 2.14. The van der Waals surface area contributed by atoms with Gasteiger partial charge in [-0.15, -0.1) is 0 Å².